The molecular weight excluding hydrogens is 366 g/mol. The van der Waals surface area contributed by atoms with E-state index in [2.05, 4.69) is 17.1 Å². The molecule has 6 heteroatoms. The second-order valence-electron chi connectivity index (χ2n) is 7.14. The highest BCUT2D eigenvalue weighted by molar-refractivity contribution is 6.00. The molecule has 0 radical (unpaired) electrons. The third-order valence-electron chi connectivity index (χ3n) is 5.26. The minimum absolute atomic E-state index is 0.0424. The van der Waals surface area contributed by atoms with E-state index in [4.69, 9.17) is 4.74 Å². The largest absolute Gasteiger partial charge is 0.504 e. The number of aromatic nitrogens is 2. The Balaban J connectivity index is 1.86. The van der Waals surface area contributed by atoms with Gasteiger partial charge >= 0.3 is 0 Å². The Kier molecular flexibility index (Phi) is 5.25. The summed E-state index contributed by atoms with van der Waals surface area (Å²) in [6.45, 7) is 5.09. The van der Waals surface area contributed by atoms with Gasteiger partial charge in [0.05, 0.1) is 18.3 Å². The van der Waals surface area contributed by atoms with Crippen molar-refractivity contribution in [1.82, 2.24) is 15.1 Å². The molecule has 1 amide bonds. The predicted molar refractivity (Wildman–Crippen MR) is 111 cm³/mol. The zero-order valence-corrected chi connectivity index (χ0v) is 16.7. The van der Waals surface area contributed by atoms with Crippen LogP contribution in [-0.4, -0.2) is 39.3 Å². The summed E-state index contributed by atoms with van der Waals surface area (Å²) in [5.74, 6) is 0.473. The number of fused-ring (bicyclic) bond motifs is 1. The lowest BCUT2D eigenvalue weighted by molar-refractivity contribution is 0.0741. The molecule has 2 N–H and O–H groups in total. The Hall–Kier alpha value is -3.28. The number of aromatic amines is 1. The first-order valence-electron chi connectivity index (χ1n) is 10.1. The van der Waals surface area contributed by atoms with Crippen LogP contribution in [0.3, 0.4) is 0 Å². The number of nitrogens with one attached hydrogen (secondary N) is 1. The van der Waals surface area contributed by atoms with Crippen LogP contribution < -0.4 is 4.74 Å². The molecule has 1 aliphatic rings. The van der Waals surface area contributed by atoms with Crippen molar-refractivity contribution >= 4 is 5.91 Å². The van der Waals surface area contributed by atoms with Crippen LogP contribution in [0.5, 0.6) is 11.5 Å². The third-order valence-corrected chi connectivity index (χ3v) is 5.26. The molecule has 0 aliphatic carbocycles. The van der Waals surface area contributed by atoms with E-state index in [0.29, 0.717) is 24.6 Å². The van der Waals surface area contributed by atoms with Crippen LogP contribution in [0, 0.1) is 0 Å². The van der Waals surface area contributed by atoms with Gasteiger partial charge in [0.15, 0.2) is 11.5 Å². The Bertz CT molecular complexity index is 1010. The number of rotatable bonds is 7. The topological polar surface area (TPSA) is 78.5 Å². The number of phenolic OH excluding ortho intramolecular Hbond substituents is 1. The number of phenols is 1. The van der Waals surface area contributed by atoms with Gasteiger partial charge in [0.25, 0.3) is 5.91 Å². The number of ether oxygens (including phenoxy) is 1. The Morgan fingerprint density at radius 2 is 1.97 bits per heavy atom. The molecule has 2 heterocycles. The highest BCUT2D eigenvalue weighted by atomic mass is 16.5. The second-order valence-corrected chi connectivity index (χ2v) is 7.14. The number of H-pyrrole nitrogens is 1. The fourth-order valence-corrected chi connectivity index (χ4v) is 3.89. The van der Waals surface area contributed by atoms with Gasteiger partial charge in [0, 0.05) is 17.7 Å². The summed E-state index contributed by atoms with van der Waals surface area (Å²) < 4.78 is 5.59. The Morgan fingerprint density at radius 3 is 2.69 bits per heavy atom. The summed E-state index contributed by atoms with van der Waals surface area (Å²) in [5, 5.41) is 17.6. The summed E-state index contributed by atoms with van der Waals surface area (Å²) in [6, 6.07) is 14.9. The average molecular weight is 391 g/mol. The fraction of sp³-hybridized carbons (Fsp3) is 0.304. The van der Waals surface area contributed by atoms with E-state index in [1.807, 2.05) is 54.3 Å². The highest BCUT2D eigenvalue weighted by Crippen LogP contribution is 2.44. The Morgan fingerprint density at radius 1 is 1.17 bits per heavy atom. The number of nitrogens with zero attached hydrogens (tertiary/aromatic N) is 2. The molecule has 6 nitrogen and oxygen atoms in total. The summed E-state index contributed by atoms with van der Waals surface area (Å²) in [5.41, 5.74) is 4.06. The van der Waals surface area contributed by atoms with Crippen molar-refractivity contribution in [2.75, 3.05) is 13.2 Å². The van der Waals surface area contributed by atoms with Crippen LogP contribution in [0.15, 0.2) is 48.5 Å². The molecule has 0 fully saturated rings. The zero-order valence-electron chi connectivity index (χ0n) is 16.7. The van der Waals surface area contributed by atoms with Crippen molar-refractivity contribution < 1.29 is 14.6 Å². The number of hydrogen-bond donors (Lipinski definition) is 2. The van der Waals surface area contributed by atoms with E-state index >= 15 is 0 Å². The van der Waals surface area contributed by atoms with Crippen LogP contribution in [0.25, 0.3) is 11.3 Å². The van der Waals surface area contributed by atoms with Gasteiger partial charge in [-0.3, -0.25) is 9.89 Å². The minimum Gasteiger partial charge on any atom is -0.504 e. The maximum atomic E-state index is 13.2. The van der Waals surface area contributed by atoms with E-state index in [1.54, 1.807) is 6.07 Å². The van der Waals surface area contributed by atoms with E-state index in [-0.39, 0.29) is 17.7 Å². The molecule has 29 heavy (non-hydrogen) atoms. The summed E-state index contributed by atoms with van der Waals surface area (Å²) in [7, 11) is 0. The van der Waals surface area contributed by atoms with Gasteiger partial charge in [-0.25, -0.2) is 0 Å². The molecule has 2 aromatic carbocycles. The predicted octanol–water partition coefficient (Wildman–Crippen LogP) is 4.53. The quantitative estimate of drug-likeness (QED) is 0.620. The van der Waals surface area contributed by atoms with E-state index in [1.165, 1.54) is 0 Å². The van der Waals surface area contributed by atoms with Crippen LogP contribution >= 0.6 is 0 Å². The first-order chi connectivity index (χ1) is 14.2. The van der Waals surface area contributed by atoms with E-state index in [9.17, 15) is 9.90 Å². The molecule has 150 valence electrons. The summed E-state index contributed by atoms with van der Waals surface area (Å²) in [4.78, 5) is 15.1. The standard InChI is InChI=1S/C23H25N3O3/c1-3-5-13-26-22(16-11-12-17(27)18(14-16)29-4-2)19-20(15-9-7-6-8-10-15)24-25-21(19)23(26)28/h6-12,14,22,27H,3-5,13H2,1-2H3,(H,24,25). The first kappa shape index (κ1) is 19.1. The second kappa shape index (κ2) is 7.99. The molecule has 1 aromatic heterocycles. The monoisotopic (exact) mass is 391 g/mol. The average Bonchev–Trinajstić information content (AvgIpc) is 3.28. The number of amides is 1. The molecular formula is C23H25N3O3. The maximum absolute atomic E-state index is 13.2. The number of carbonyl (C=O) groups is 1. The molecule has 1 aliphatic heterocycles. The van der Waals surface area contributed by atoms with Gasteiger partial charge in [0.2, 0.25) is 0 Å². The molecule has 1 unspecified atom stereocenters. The lowest BCUT2D eigenvalue weighted by atomic mass is 9.95. The van der Waals surface area contributed by atoms with Crippen molar-refractivity contribution in [3.8, 4) is 22.8 Å². The van der Waals surface area contributed by atoms with Crippen LogP contribution in [0.4, 0.5) is 0 Å². The van der Waals surface area contributed by atoms with Gasteiger partial charge < -0.3 is 14.7 Å². The van der Waals surface area contributed by atoms with Gasteiger partial charge in [-0.2, -0.15) is 5.10 Å². The Labute approximate surface area is 170 Å². The minimum atomic E-state index is -0.280. The van der Waals surface area contributed by atoms with E-state index in [0.717, 1.165) is 35.2 Å². The molecule has 0 saturated carbocycles. The smallest absolute Gasteiger partial charge is 0.273 e. The molecule has 0 spiro atoms. The summed E-state index contributed by atoms with van der Waals surface area (Å²) >= 11 is 0. The highest BCUT2D eigenvalue weighted by Gasteiger charge is 2.42. The molecule has 0 bridgehead atoms. The number of unbranched alkanes of at least 4 members (excludes halogenated alkanes) is 1. The number of aromatic hydroxyl groups is 1. The van der Waals surface area contributed by atoms with Gasteiger partial charge in [0.1, 0.15) is 5.69 Å². The van der Waals surface area contributed by atoms with Crippen LogP contribution in [0.2, 0.25) is 0 Å². The number of hydrogen-bond acceptors (Lipinski definition) is 4. The number of benzene rings is 2. The van der Waals surface area contributed by atoms with Gasteiger partial charge in [-0.15, -0.1) is 0 Å². The van der Waals surface area contributed by atoms with Gasteiger partial charge in [-0.05, 0) is 31.0 Å². The normalized spacial score (nSPS) is 15.6. The fourth-order valence-electron chi connectivity index (χ4n) is 3.89. The van der Waals surface area contributed by atoms with Crippen molar-refractivity contribution in [3.05, 3.63) is 65.4 Å². The lowest BCUT2D eigenvalue weighted by Crippen LogP contribution is -2.30. The van der Waals surface area contributed by atoms with Crippen molar-refractivity contribution in [3.63, 3.8) is 0 Å². The third kappa shape index (κ3) is 3.35. The van der Waals surface area contributed by atoms with Crippen LogP contribution in [0.1, 0.15) is 54.3 Å². The number of carbonyl (C=O) groups excluding carboxylic acids is 1. The first-order valence-corrected chi connectivity index (χ1v) is 10.1. The maximum Gasteiger partial charge on any atom is 0.273 e. The van der Waals surface area contributed by atoms with Crippen molar-refractivity contribution in [2.24, 2.45) is 0 Å². The lowest BCUT2D eigenvalue weighted by Gasteiger charge is -2.26. The molecule has 3 aromatic rings. The van der Waals surface area contributed by atoms with Crippen LogP contribution in [-0.2, 0) is 0 Å². The summed E-state index contributed by atoms with van der Waals surface area (Å²) in [6.07, 6.45) is 1.91. The SMILES string of the molecule is CCCCN1C(=O)c2[nH]nc(-c3ccccc3)c2C1c1ccc(O)c(OCC)c1. The van der Waals surface area contributed by atoms with Crippen molar-refractivity contribution in [1.29, 1.82) is 0 Å². The van der Waals surface area contributed by atoms with Crippen molar-refractivity contribution in [2.45, 2.75) is 32.7 Å². The molecule has 0 saturated heterocycles. The molecule has 4 rings (SSSR count). The zero-order chi connectivity index (χ0) is 20.4. The molecule has 1 atom stereocenters. The van der Waals surface area contributed by atoms with E-state index < -0.39 is 0 Å². The van der Waals surface area contributed by atoms with Gasteiger partial charge in [-0.1, -0.05) is 49.7 Å².